The molecule has 1 aromatic rings. The zero-order valence-corrected chi connectivity index (χ0v) is 11.1. The molecule has 0 aromatic heterocycles. The molecule has 0 radical (unpaired) electrons. The van der Waals surface area contributed by atoms with E-state index in [9.17, 15) is 0 Å². The third-order valence-electron chi connectivity index (χ3n) is 3.52. The summed E-state index contributed by atoms with van der Waals surface area (Å²) in [7, 11) is 0. The molecule has 1 aromatic carbocycles. The molecule has 1 saturated heterocycles. The first-order chi connectivity index (χ1) is 9.15. The van der Waals surface area contributed by atoms with Gasteiger partial charge in [0.2, 0.25) is 0 Å². The molecule has 5 heteroatoms. The van der Waals surface area contributed by atoms with Gasteiger partial charge in [0.05, 0.1) is 25.5 Å². The number of ether oxygens (including phenoxy) is 3. The lowest BCUT2D eigenvalue weighted by molar-refractivity contribution is -0.149. The molecule has 19 heavy (non-hydrogen) atoms. The summed E-state index contributed by atoms with van der Waals surface area (Å²) in [4.78, 5) is 0. The molecule has 1 fully saturated rings. The van der Waals surface area contributed by atoms with Crippen LogP contribution >= 0.6 is 0 Å². The van der Waals surface area contributed by atoms with Crippen LogP contribution in [0.5, 0.6) is 5.75 Å². The van der Waals surface area contributed by atoms with Gasteiger partial charge in [-0.2, -0.15) is 0 Å². The van der Waals surface area contributed by atoms with Crippen LogP contribution in [0.25, 0.3) is 0 Å². The Morgan fingerprint density at radius 3 is 3.05 bits per heavy atom. The lowest BCUT2D eigenvalue weighted by Crippen LogP contribution is -2.45. The molecule has 1 atom stereocenters. The number of rotatable bonds is 3. The van der Waals surface area contributed by atoms with Crippen molar-refractivity contribution in [2.45, 2.75) is 13.0 Å². The van der Waals surface area contributed by atoms with Gasteiger partial charge in [-0.3, -0.25) is 0 Å². The van der Waals surface area contributed by atoms with Gasteiger partial charge >= 0.3 is 0 Å². The van der Waals surface area contributed by atoms with Gasteiger partial charge < -0.3 is 25.3 Å². The van der Waals surface area contributed by atoms with Crippen LogP contribution < -0.4 is 15.8 Å². The molecule has 3 N–H and O–H groups in total. The Morgan fingerprint density at radius 1 is 1.47 bits per heavy atom. The van der Waals surface area contributed by atoms with Crippen molar-refractivity contribution in [3.05, 3.63) is 18.2 Å². The molecule has 2 aliphatic rings. The molecule has 0 amide bonds. The fourth-order valence-corrected chi connectivity index (χ4v) is 2.24. The van der Waals surface area contributed by atoms with E-state index in [-0.39, 0.29) is 11.5 Å². The van der Waals surface area contributed by atoms with Crippen LogP contribution in [-0.4, -0.2) is 39.1 Å². The van der Waals surface area contributed by atoms with E-state index in [0.717, 1.165) is 36.9 Å². The molecular formula is C14H20N2O3. The van der Waals surface area contributed by atoms with Crippen LogP contribution in [0.1, 0.15) is 6.92 Å². The van der Waals surface area contributed by atoms with Gasteiger partial charge in [0.15, 0.2) is 0 Å². The van der Waals surface area contributed by atoms with Gasteiger partial charge in [-0.1, -0.05) is 6.92 Å². The van der Waals surface area contributed by atoms with Crippen LogP contribution in [0.3, 0.4) is 0 Å². The number of fused-ring (bicyclic) bond motifs is 1. The van der Waals surface area contributed by atoms with Crippen LogP contribution in [0.2, 0.25) is 0 Å². The van der Waals surface area contributed by atoms with E-state index < -0.39 is 0 Å². The number of hydrogen-bond donors (Lipinski definition) is 2. The van der Waals surface area contributed by atoms with E-state index in [1.165, 1.54) is 0 Å². The van der Waals surface area contributed by atoms with Gasteiger partial charge in [0.1, 0.15) is 18.5 Å². The highest BCUT2D eigenvalue weighted by Crippen LogP contribution is 2.30. The number of nitrogen functional groups attached to an aromatic ring is 1. The Morgan fingerprint density at radius 2 is 2.32 bits per heavy atom. The first-order valence-electron chi connectivity index (χ1n) is 6.60. The average molecular weight is 264 g/mol. The van der Waals surface area contributed by atoms with Crippen molar-refractivity contribution < 1.29 is 14.2 Å². The van der Waals surface area contributed by atoms with Crippen molar-refractivity contribution >= 4 is 11.4 Å². The second kappa shape index (κ2) is 4.90. The highest BCUT2D eigenvalue weighted by atomic mass is 16.5. The number of anilines is 2. The van der Waals surface area contributed by atoms with Crippen molar-refractivity contribution in [1.29, 1.82) is 0 Å². The Hall–Kier alpha value is -1.46. The van der Waals surface area contributed by atoms with Crippen LogP contribution in [-0.2, 0) is 9.47 Å². The molecule has 0 saturated carbocycles. The summed E-state index contributed by atoms with van der Waals surface area (Å²) in [5.41, 5.74) is 7.60. The molecule has 2 heterocycles. The Balaban J connectivity index is 1.57. The summed E-state index contributed by atoms with van der Waals surface area (Å²) in [5.74, 6) is 0.832. The number of benzene rings is 1. The van der Waals surface area contributed by atoms with Gasteiger partial charge in [0, 0.05) is 17.6 Å². The molecule has 2 aliphatic heterocycles. The smallest absolute Gasteiger partial charge is 0.142 e. The third-order valence-corrected chi connectivity index (χ3v) is 3.52. The van der Waals surface area contributed by atoms with Gasteiger partial charge in [-0.25, -0.2) is 0 Å². The second-order valence-electron chi connectivity index (χ2n) is 5.68. The largest absolute Gasteiger partial charge is 0.489 e. The number of nitrogens with one attached hydrogen (secondary N) is 1. The lowest BCUT2D eigenvalue weighted by atomic mass is 9.90. The first-order valence-corrected chi connectivity index (χ1v) is 6.60. The van der Waals surface area contributed by atoms with Crippen molar-refractivity contribution in [3.8, 4) is 5.75 Å². The van der Waals surface area contributed by atoms with Crippen LogP contribution in [0.4, 0.5) is 11.4 Å². The minimum atomic E-state index is 0.0473. The van der Waals surface area contributed by atoms with Crippen LogP contribution in [0.15, 0.2) is 18.2 Å². The summed E-state index contributed by atoms with van der Waals surface area (Å²) in [5, 5.41) is 3.33. The van der Waals surface area contributed by atoms with E-state index >= 15 is 0 Å². The molecule has 0 spiro atoms. The molecule has 0 bridgehead atoms. The quantitative estimate of drug-likeness (QED) is 0.810. The van der Waals surface area contributed by atoms with E-state index in [4.69, 9.17) is 19.9 Å². The Labute approximate surface area is 113 Å². The summed E-state index contributed by atoms with van der Waals surface area (Å²) in [6, 6.07) is 5.62. The first kappa shape index (κ1) is 12.6. The van der Waals surface area contributed by atoms with E-state index in [0.29, 0.717) is 13.2 Å². The number of hydrogen-bond acceptors (Lipinski definition) is 5. The minimum Gasteiger partial charge on any atom is -0.489 e. The van der Waals surface area contributed by atoms with Crippen molar-refractivity contribution in [2.24, 2.45) is 5.41 Å². The fraction of sp³-hybridized carbons (Fsp3) is 0.571. The fourth-order valence-electron chi connectivity index (χ4n) is 2.24. The highest BCUT2D eigenvalue weighted by Gasteiger charge is 2.34. The molecule has 104 valence electrons. The predicted octanol–water partition coefficient (Wildman–Crippen LogP) is 1.49. The summed E-state index contributed by atoms with van der Waals surface area (Å²) in [6.07, 6.45) is 0.0473. The Kier molecular flexibility index (Phi) is 3.24. The maximum Gasteiger partial charge on any atom is 0.142 e. The molecule has 0 aliphatic carbocycles. The zero-order chi connectivity index (χ0) is 13.3. The highest BCUT2D eigenvalue weighted by molar-refractivity contribution is 5.63. The number of nitrogens with two attached hydrogens (primary N) is 1. The third kappa shape index (κ3) is 2.77. The normalized spacial score (nSPS) is 24.4. The zero-order valence-electron chi connectivity index (χ0n) is 11.1. The van der Waals surface area contributed by atoms with E-state index in [1.54, 1.807) is 0 Å². The van der Waals surface area contributed by atoms with Gasteiger partial charge in [-0.05, 0) is 18.2 Å². The summed E-state index contributed by atoms with van der Waals surface area (Å²) < 4.78 is 16.9. The molecular weight excluding hydrogens is 244 g/mol. The topological polar surface area (TPSA) is 65.7 Å². The average Bonchev–Trinajstić information content (AvgIpc) is 2.56. The van der Waals surface area contributed by atoms with Crippen LogP contribution in [0, 0.1) is 5.41 Å². The predicted molar refractivity (Wildman–Crippen MR) is 73.5 cm³/mol. The van der Waals surface area contributed by atoms with Gasteiger partial charge in [0.25, 0.3) is 0 Å². The summed E-state index contributed by atoms with van der Waals surface area (Å²) >= 11 is 0. The monoisotopic (exact) mass is 264 g/mol. The van der Waals surface area contributed by atoms with Crippen molar-refractivity contribution in [3.63, 3.8) is 0 Å². The van der Waals surface area contributed by atoms with E-state index in [2.05, 4.69) is 12.2 Å². The molecule has 3 rings (SSSR count). The van der Waals surface area contributed by atoms with Gasteiger partial charge in [-0.15, -0.1) is 0 Å². The lowest BCUT2D eigenvalue weighted by Gasteiger charge is -2.38. The maximum atomic E-state index is 5.93. The Bertz CT molecular complexity index is 460. The van der Waals surface area contributed by atoms with Crippen molar-refractivity contribution in [1.82, 2.24) is 0 Å². The minimum absolute atomic E-state index is 0.0473. The summed E-state index contributed by atoms with van der Waals surface area (Å²) in [6.45, 7) is 5.74. The standard InChI is InChI=1S/C14H20N2O3/c1-14(7-17-8-14)9-19-11-5-16-12-4-10(15)2-3-13(12)18-6-11/h2-4,11,16H,5-9,15H2,1H3/t11-/m0/s1. The second-order valence-corrected chi connectivity index (χ2v) is 5.68. The van der Waals surface area contributed by atoms with E-state index in [1.807, 2.05) is 18.2 Å². The SMILES string of the molecule is CC1(CO[C@H]2CNc3cc(N)ccc3OC2)COC1. The maximum absolute atomic E-state index is 5.93. The van der Waals surface area contributed by atoms with Crippen molar-refractivity contribution in [2.75, 3.05) is 44.0 Å². The molecule has 5 nitrogen and oxygen atoms in total. The molecule has 0 unspecified atom stereocenters.